The topological polar surface area (TPSA) is 38.0 Å². The Hall–Kier alpha value is -0.0800. The first-order valence-electron chi connectivity index (χ1n) is 4.80. The lowest BCUT2D eigenvalue weighted by Gasteiger charge is -2.28. The zero-order chi connectivity index (χ0) is 8.10. The summed E-state index contributed by atoms with van der Waals surface area (Å²) in [5.41, 5.74) is 5.56. The van der Waals surface area contributed by atoms with E-state index in [1.807, 2.05) is 0 Å². The van der Waals surface area contributed by atoms with E-state index in [1.54, 1.807) is 0 Å². The standard InChI is InChI=1S/C9H20N2/c1-2-3-8-4-5-9(6-10)11-7-8/h8-9,11H,2-7,10H2,1H3. The van der Waals surface area contributed by atoms with Gasteiger partial charge in [0.1, 0.15) is 0 Å². The van der Waals surface area contributed by atoms with Crippen LogP contribution in [-0.2, 0) is 0 Å². The normalized spacial score (nSPS) is 32.2. The number of hydrogen-bond donors (Lipinski definition) is 2. The smallest absolute Gasteiger partial charge is 0.0190 e. The predicted molar refractivity (Wildman–Crippen MR) is 48.5 cm³/mol. The van der Waals surface area contributed by atoms with Gasteiger partial charge in [-0.2, -0.15) is 0 Å². The first kappa shape index (κ1) is 9.01. The van der Waals surface area contributed by atoms with Gasteiger partial charge in [0.2, 0.25) is 0 Å². The van der Waals surface area contributed by atoms with Gasteiger partial charge in [0, 0.05) is 12.6 Å². The molecule has 1 heterocycles. The molecule has 2 atom stereocenters. The van der Waals surface area contributed by atoms with Crippen LogP contribution < -0.4 is 11.1 Å². The van der Waals surface area contributed by atoms with Gasteiger partial charge in [-0.1, -0.05) is 13.3 Å². The maximum absolute atomic E-state index is 5.56. The Morgan fingerprint density at radius 1 is 1.45 bits per heavy atom. The number of piperidine rings is 1. The van der Waals surface area contributed by atoms with Gasteiger partial charge in [-0.3, -0.25) is 0 Å². The Balaban J connectivity index is 2.14. The van der Waals surface area contributed by atoms with Crippen LogP contribution in [0.25, 0.3) is 0 Å². The van der Waals surface area contributed by atoms with Crippen molar-refractivity contribution >= 4 is 0 Å². The minimum Gasteiger partial charge on any atom is -0.329 e. The molecule has 0 aromatic rings. The van der Waals surface area contributed by atoms with Crippen molar-refractivity contribution in [2.24, 2.45) is 11.7 Å². The highest BCUT2D eigenvalue weighted by atomic mass is 14.9. The van der Waals surface area contributed by atoms with Gasteiger partial charge in [0.05, 0.1) is 0 Å². The minimum atomic E-state index is 0.600. The maximum atomic E-state index is 5.56. The molecular formula is C9H20N2. The Kier molecular flexibility index (Phi) is 3.87. The molecule has 0 aliphatic carbocycles. The highest BCUT2D eigenvalue weighted by Gasteiger charge is 2.17. The van der Waals surface area contributed by atoms with Crippen LogP contribution in [0.1, 0.15) is 32.6 Å². The molecule has 3 N–H and O–H groups in total. The lowest BCUT2D eigenvalue weighted by atomic mass is 9.91. The third kappa shape index (κ3) is 2.80. The van der Waals surface area contributed by atoms with Crippen molar-refractivity contribution in [3.05, 3.63) is 0 Å². The molecule has 0 radical (unpaired) electrons. The van der Waals surface area contributed by atoms with Crippen molar-refractivity contribution in [2.75, 3.05) is 13.1 Å². The van der Waals surface area contributed by atoms with Crippen molar-refractivity contribution in [1.82, 2.24) is 5.32 Å². The molecule has 1 saturated heterocycles. The Morgan fingerprint density at radius 3 is 2.73 bits per heavy atom. The van der Waals surface area contributed by atoms with Crippen LogP contribution in [-0.4, -0.2) is 19.1 Å². The molecule has 1 aliphatic rings. The summed E-state index contributed by atoms with van der Waals surface area (Å²) in [5.74, 6) is 0.919. The molecule has 0 aromatic heterocycles. The summed E-state index contributed by atoms with van der Waals surface area (Å²) in [5, 5.41) is 3.48. The second-order valence-corrected chi connectivity index (χ2v) is 3.57. The molecule has 0 aromatic carbocycles. The van der Waals surface area contributed by atoms with Crippen LogP contribution in [0.5, 0.6) is 0 Å². The Morgan fingerprint density at radius 2 is 2.27 bits per heavy atom. The molecule has 1 rings (SSSR count). The molecule has 66 valence electrons. The predicted octanol–water partition coefficient (Wildman–Crippen LogP) is 1.11. The monoisotopic (exact) mass is 156 g/mol. The molecule has 0 bridgehead atoms. The van der Waals surface area contributed by atoms with E-state index in [1.165, 1.54) is 32.2 Å². The largest absolute Gasteiger partial charge is 0.329 e. The zero-order valence-corrected chi connectivity index (χ0v) is 7.47. The van der Waals surface area contributed by atoms with Crippen LogP contribution in [0.4, 0.5) is 0 Å². The average molecular weight is 156 g/mol. The number of rotatable bonds is 3. The fourth-order valence-corrected chi connectivity index (χ4v) is 1.83. The van der Waals surface area contributed by atoms with Crippen LogP contribution in [0.15, 0.2) is 0 Å². The molecule has 1 aliphatic heterocycles. The number of nitrogens with two attached hydrogens (primary N) is 1. The molecule has 2 nitrogen and oxygen atoms in total. The maximum Gasteiger partial charge on any atom is 0.0190 e. The molecule has 0 amide bonds. The average Bonchev–Trinajstić information content (AvgIpc) is 2.07. The fourth-order valence-electron chi connectivity index (χ4n) is 1.83. The molecular weight excluding hydrogens is 136 g/mol. The first-order chi connectivity index (χ1) is 5.36. The van der Waals surface area contributed by atoms with E-state index in [2.05, 4.69) is 12.2 Å². The van der Waals surface area contributed by atoms with E-state index in [0.29, 0.717) is 6.04 Å². The SMILES string of the molecule is CCCC1CCC(CN)NC1. The number of hydrogen-bond acceptors (Lipinski definition) is 2. The quantitative estimate of drug-likeness (QED) is 0.642. The summed E-state index contributed by atoms with van der Waals surface area (Å²) in [6.45, 7) is 4.25. The third-order valence-electron chi connectivity index (χ3n) is 2.60. The second-order valence-electron chi connectivity index (χ2n) is 3.57. The van der Waals surface area contributed by atoms with E-state index in [0.717, 1.165) is 12.5 Å². The van der Waals surface area contributed by atoms with Gasteiger partial charge in [0.25, 0.3) is 0 Å². The van der Waals surface area contributed by atoms with Crippen LogP contribution in [0.2, 0.25) is 0 Å². The van der Waals surface area contributed by atoms with E-state index < -0.39 is 0 Å². The van der Waals surface area contributed by atoms with Crippen molar-refractivity contribution < 1.29 is 0 Å². The van der Waals surface area contributed by atoms with Gasteiger partial charge < -0.3 is 11.1 Å². The second kappa shape index (κ2) is 4.73. The summed E-state index contributed by atoms with van der Waals surface area (Å²) < 4.78 is 0. The Bertz CT molecular complexity index is 95.7. The number of nitrogens with one attached hydrogen (secondary N) is 1. The zero-order valence-electron chi connectivity index (χ0n) is 7.47. The molecule has 1 fully saturated rings. The highest BCUT2D eigenvalue weighted by Crippen LogP contribution is 2.18. The summed E-state index contributed by atoms with van der Waals surface area (Å²) in [7, 11) is 0. The summed E-state index contributed by atoms with van der Waals surface area (Å²) in [6, 6.07) is 0.600. The van der Waals surface area contributed by atoms with E-state index in [-0.39, 0.29) is 0 Å². The Labute approximate surface area is 69.5 Å². The van der Waals surface area contributed by atoms with Gasteiger partial charge >= 0.3 is 0 Å². The van der Waals surface area contributed by atoms with E-state index in [9.17, 15) is 0 Å². The molecule has 2 unspecified atom stereocenters. The highest BCUT2D eigenvalue weighted by molar-refractivity contribution is 4.77. The summed E-state index contributed by atoms with van der Waals surface area (Å²) >= 11 is 0. The lowest BCUT2D eigenvalue weighted by Crippen LogP contribution is -2.43. The molecule has 0 spiro atoms. The van der Waals surface area contributed by atoms with Crippen molar-refractivity contribution in [2.45, 2.75) is 38.6 Å². The first-order valence-corrected chi connectivity index (χ1v) is 4.80. The molecule has 2 heteroatoms. The van der Waals surface area contributed by atoms with Gasteiger partial charge in [-0.05, 0) is 31.7 Å². The van der Waals surface area contributed by atoms with Crippen molar-refractivity contribution in [3.8, 4) is 0 Å². The van der Waals surface area contributed by atoms with Crippen LogP contribution in [0, 0.1) is 5.92 Å². The van der Waals surface area contributed by atoms with E-state index >= 15 is 0 Å². The lowest BCUT2D eigenvalue weighted by molar-refractivity contribution is 0.299. The van der Waals surface area contributed by atoms with E-state index in [4.69, 9.17) is 5.73 Å². The van der Waals surface area contributed by atoms with Gasteiger partial charge in [-0.25, -0.2) is 0 Å². The fraction of sp³-hybridized carbons (Fsp3) is 1.00. The van der Waals surface area contributed by atoms with Crippen LogP contribution >= 0.6 is 0 Å². The molecule has 0 saturated carbocycles. The van der Waals surface area contributed by atoms with Gasteiger partial charge in [-0.15, -0.1) is 0 Å². The summed E-state index contributed by atoms with van der Waals surface area (Å²) in [6.07, 6.45) is 5.35. The van der Waals surface area contributed by atoms with Crippen LogP contribution in [0.3, 0.4) is 0 Å². The molecule has 11 heavy (non-hydrogen) atoms. The summed E-state index contributed by atoms with van der Waals surface area (Å²) in [4.78, 5) is 0. The van der Waals surface area contributed by atoms with Crippen molar-refractivity contribution in [1.29, 1.82) is 0 Å². The third-order valence-corrected chi connectivity index (χ3v) is 2.60. The van der Waals surface area contributed by atoms with Crippen molar-refractivity contribution in [3.63, 3.8) is 0 Å². The minimum absolute atomic E-state index is 0.600. The van der Waals surface area contributed by atoms with Gasteiger partial charge in [0.15, 0.2) is 0 Å².